The minimum atomic E-state index is 0.659. The molecule has 0 amide bonds. The fourth-order valence-corrected chi connectivity index (χ4v) is 2.47. The number of rotatable bonds is 10. The van der Waals surface area contributed by atoms with Crippen LogP contribution in [-0.2, 0) is 0 Å². The van der Waals surface area contributed by atoms with Gasteiger partial charge in [0.05, 0.1) is 0 Å². The van der Waals surface area contributed by atoms with Gasteiger partial charge in [-0.05, 0) is 33.0 Å². The van der Waals surface area contributed by atoms with Crippen LogP contribution in [0.2, 0.25) is 0 Å². The Balaban J connectivity index is 3.29. The minimum Gasteiger partial charge on any atom is -0.313 e. The van der Waals surface area contributed by atoms with E-state index in [1.165, 1.54) is 37.6 Å². The van der Waals surface area contributed by atoms with Gasteiger partial charge in [0.25, 0.3) is 0 Å². The van der Waals surface area contributed by atoms with Crippen LogP contribution in [0.3, 0.4) is 0 Å². The first-order valence-electron chi connectivity index (χ1n) is 6.28. The van der Waals surface area contributed by atoms with E-state index < -0.39 is 0 Å². The van der Waals surface area contributed by atoms with Crippen LogP contribution in [0.15, 0.2) is 0 Å². The molecule has 3 heteroatoms. The number of nitrogens with one attached hydrogen (secondary N) is 1. The second-order valence-corrected chi connectivity index (χ2v) is 5.11. The lowest BCUT2D eigenvalue weighted by atomic mass is 10.3. The molecule has 1 N–H and O–H groups in total. The Morgan fingerprint density at radius 2 is 1.87 bits per heavy atom. The zero-order chi connectivity index (χ0) is 11.5. The Kier molecular flexibility index (Phi) is 11.0. The topological polar surface area (TPSA) is 15.3 Å². The van der Waals surface area contributed by atoms with E-state index in [1.54, 1.807) is 0 Å². The zero-order valence-corrected chi connectivity index (χ0v) is 11.7. The van der Waals surface area contributed by atoms with Crippen LogP contribution in [0.5, 0.6) is 0 Å². The Labute approximate surface area is 100 Å². The molecule has 2 nitrogen and oxygen atoms in total. The molecule has 0 radical (unpaired) electrons. The van der Waals surface area contributed by atoms with Crippen LogP contribution in [0, 0.1) is 0 Å². The number of hydrogen-bond donors (Lipinski definition) is 1. The highest BCUT2D eigenvalue weighted by molar-refractivity contribution is 7.99. The molecule has 0 heterocycles. The van der Waals surface area contributed by atoms with Crippen molar-refractivity contribution >= 4 is 11.8 Å². The summed E-state index contributed by atoms with van der Waals surface area (Å²) >= 11 is 2.07. The third kappa shape index (κ3) is 9.21. The number of nitrogens with zero attached hydrogens (tertiary/aromatic N) is 1. The van der Waals surface area contributed by atoms with Gasteiger partial charge in [-0.2, -0.15) is 11.8 Å². The predicted molar refractivity (Wildman–Crippen MR) is 72.9 cm³/mol. The molecule has 0 aliphatic rings. The van der Waals surface area contributed by atoms with Gasteiger partial charge in [0, 0.05) is 24.1 Å². The normalized spacial score (nSPS) is 13.4. The van der Waals surface area contributed by atoms with Gasteiger partial charge in [0.15, 0.2) is 0 Å². The second-order valence-electron chi connectivity index (χ2n) is 3.96. The minimum absolute atomic E-state index is 0.659. The maximum Gasteiger partial charge on any atom is 0.0129 e. The third-order valence-corrected chi connectivity index (χ3v) is 3.76. The maximum atomic E-state index is 3.51. The van der Waals surface area contributed by atoms with Crippen molar-refractivity contribution in [2.24, 2.45) is 0 Å². The van der Waals surface area contributed by atoms with Crippen LogP contribution in [0.1, 0.15) is 34.1 Å². The Morgan fingerprint density at radius 1 is 1.20 bits per heavy atom. The molecule has 0 rings (SSSR count). The van der Waals surface area contributed by atoms with Crippen molar-refractivity contribution in [2.75, 3.05) is 37.7 Å². The monoisotopic (exact) mass is 232 g/mol. The summed E-state index contributed by atoms with van der Waals surface area (Å²) < 4.78 is 0. The smallest absolute Gasteiger partial charge is 0.0129 e. The van der Waals surface area contributed by atoms with Crippen molar-refractivity contribution in [3.05, 3.63) is 0 Å². The summed E-state index contributed by atoms with van der Waals surface area (Å²) in [6.07, 6.45) is 1.23. The van der Waals surface area contributed by atoms with Crippen LogP contribution in [-0.4, -0.2) is 48.6 Å². The summed E-state index contributed by atoms with van der Waals surface area (Å²) in [5.74, 6) is 2.50. The molecule has 0 aliphatic carbocycles. The molecule has 0 aromatic carbocycles. The van der Waals surface area contributed by atoms with Crippen LogP contribution in [0.25, 0.3) is 0 Å². The van der Waals surface area contributed by atoms with Crippen molar-refractivity contribution in [3.63, 3.8) is 0 Å². The van der Waals surface area contributed by atoms with E-state index in [9.17, 15) is 0 Å². The van der Waals surface area contributed by atoms with E-state index in [-0.39, 0.29) is 0 Å². The summed E-state index contributed by atoms with van der Waals surface area (Å²) in [5.41, 5.74) is 0. The standard InChI is InChI=1S/C12H28N2S/c1-5-8-13-12(4)11-15-10-9-14(6-2)7-3/h12-13H,5-11H2,1-4H3. The van der Waals surface area contributed by atoms with E-state index in [4.69, 9.17) is 0 Å². The molecular weight excluding hydrogens is 204 g/mol. The highest BCUT2D eigenvalue weighted by atomic mass is 32.2. The lowest BCUT2D eigenvalue weighted by Crippen LogP contribution is -2.30. The molecule has 0 fully saturated rings. The molecule has 0 saturated carbocycles. The predicted octanol–water partition coefficient (Wildman–Crippen LogP) is 2.45. The van der Waals surface area contributed by atoms with Crippen molar-refractivity contribution in [1.29, 1.82) is 0 Å². The number of thioether (sulfide) groups is 1. The van der Waals surface area contributed by atoms with E-state index in [0.29, 0.717) is 6.04 Å². The molecule has 15 heavy (non-hydrogen) atoms. The second kappa shape index (κ2) is 10.8. The summed E-state index contributed by atoms with van der Waals surface area (Å²) in [6.45, 7) is 13.7. The van der Waals surface area contributed by atoms with Gasteiger partial charge in [-0.1, -0.05) is 20.8 Å². The highest BCUT2D eigenvalue weighted by Crippen LogP contribution is 2.03. The SMILES string of the molecule is CCCNC(C)CSCCN(CC)CC. The van der Waals surface area contributed by atoms with Gasteiger partial charge >= 0.3 is 0 Å². The van der Waals surface area contributed by atoms with Crippen LogP contribution < -0.4 is 5.32 Å². The zero-order valence-electron chi connectivity index (χ0n) is 10.9. The summed E-state index contributed by atoms with van der Waals surface area (Å²) in [7, 11) is 0. The fourth-order valence-electron chi connectivity index (χ4n) is 1.44. The molecule has 92 valence electrons. The van der Waals surface area contributed by atoms with Crippen molar-refractivity contribution in [1.82, 2.24) is 10.2 Å². The van der Waals surface area contributed by atoms with Gasteiger partial charge in [0.1, 0.15) is 0 Å². The molecule has 1 atom stereocenters. The largest absolute Gasteiger partial charge is 0.313 e. The number of hydrogen-bond acceptors (Lipinski definition) is 3. The average molecular weight is 232 g/mol. The summed E-state index contributed by atoms with van der Waals surface area (Å²) in [6, 6.07) is 0.659. The van der Waals surface area contributed by atoms with Gasteiger partial charge in [-0.25, -0.2) is 0 Å². The fraction of sp³-hybridized carbons (Fsp3) is 1.00. The summed E-state index contributed by atoms with van der Waals surface area (Å²) in [4.78, 5) is 2.48. The van der Waals surface area contributed by atoms with Crippen LogP contribution >= 0.6 is 11.8 Å². The first-order valence-corrected chi connectivity index (χ1v) is 7.43. The maximum absolute atomic E-state index is 3.51. The molecule has 0 bridgehead atoms. The molecule has 0 aliphatic heterocycles. The first kappa shape index (κ1) is 15.3. The van der Waals surface area contributed by atoms with Gasteiger partial charge in [-0.3, -0.25) is 0 Å². The lowest BCUT2D eigenvalue weighted by molar-refractivity contribution is 0.324. The van der Waals surface area contributed by atoms with Gasteiger partial charge in [0.2, 0.25) is 0 Å². The molecule has 0 spiro atoms. The highest BCUT2D eigenvalue weighted by Gasteiger charge is 2.02. The Morgan fingerprint density at radius 3 is 2.40 bits per heavy atom. The molecule has 0 aromatic rings. The van der Waals surface area contributed by atoms with Crippen molar-refractivity contribution in [2.45, 2.75) is 40.2 Å². The quantitative estimate of drug-likeness (QED) is 0.583. The van der Waals surface area contributed by atoms with Crippen molar-refractivity contribution < 1.29 is 0 Å². The third-order valence-electron chi connectivity index (χ3n) is 2.56. The Hall–Kier alpha value is 0.270. The molecule has 0 aromatic heterocycles. The summed E-state index contributed by atoms with van der Waals surface area (Å²) in [5, 5.41) is 3.51. The van der Waals surface area contributed by atoms with Gasteiger partial charge < -0.3 is 10.2 Å². The van der Waals surface area contributed by atoms with E-state index in [2.05, 4.69) is 49.7 Å². The van der Waals surface area contributed by atoms with Crippen LogP contribution in [0.4, 0.5) is 0 Å². The molecule has 1 unspecified atom stereocenters. The van der Waals surface area contributed by atoms with E-state index in [1.807, 2.05) is 0 Å². The Bertz CT molecular complexity index is 127. The van der Waals surface area contributed by atoms with Crippen molar-refractivity contribution in [3.8, 4) is 0 Å². The van der Waals surface area contributed by atoms with E-state index in [0.717, 1.165) is 6.54 Å². The lowest BCUT2D eigenvalue weighted by Gasteiger charge is -2.18. The first-order chi connectivity index (χ1) is 7.24. The molecular formula is C12H28N2S. The van der Waals surface area contributed by atoms with Gasteiger partial charge in [-0.15, -0.1) is 0 Å². The molecule has 0 saturated heterocycles. The average Bonchev–Trinajstić information content (AvgIpc) is 2.26. The van der Waals surface area contributed by atoms with E-state index >= 15 is 0 Å².